The van der Waals surface area contributed by atoms with Gasteiger partial charge in [0.1, 0.15) is 13.2 Å². The molecule has 3 aromatic rings. The summed E-state index contributed by atoms with van der Waals surface area (Å²) in [6, 6.07) is 16.1. The summed E-state index contributed by atoms with van der Waals surface area (Å²) in [5, 5.41) is 3.06. The van der Waals surface area contributed by atoms with Crippen LogP contribution in [0.3, 0.4) is 0 Å². The Labute approximate surface area is 199 Å². The number of aromatic nitrogens is 1. The lowest BCUT2D eigenvalue weighted by Crippen LogP contribution is -2.33. The number of nitrogens with zero attached hydrogens (tertiary/aromatic N) is 1. The first-order valence-electron chi connectivity index (χ1n) is 11.4. The Bertz CT molecular complexity index is 1220. The minimum Gasteiger partial charge on any atom is -0.486 e. The van der Waals surface area contributed by atoms with Gasteiger partial charge < -0.3 is 19.8 Å². The second-order valence-corrected chi connectivity index (χ2v) is 9.86. The largest absolute Gasteiger partial charge is 0.486 e. The van der Waals surface area contributed by atoms with Crippen LogP contribution in [0, 0.1) is 0 Å². The van der Waals surface area contributed by atoms with Crippen LogP contribution in [0.4, 0.5) is 0 Å². The number of sulfonamides is 1. The molecule has 180 valence electrons. The van der Waals surface area contributed by atoms with Gasteiger partial charge in [0.05, 0.1) is 16.5 Å². The summed E-state index contributed by atoms with van der Waals surface area (Å²) in [5.74, 6) is 0.0742. The van der Waals surface area contributed by atoms with Gasteiger partial charge in [-0.25, -0.2) is 8.42 Å². The smallest absolute Gasteiger partial charge is 0.255 e. The molecule has 0 bridgehead atoms. The molecule has 8 nitrogen and oxygen atoms in total. The van der Waals surface area contributed by atoms with Crippen molar-refractivity contribution in [2.75, 3.05) is 26.3 Å². The van der Waals surface area contributed by atoms with Crippen LogP contribution >= 0.6 is 0 Å². The van der Waals surface area contributed by atoms with E-state index in [-0.39, 0.29) is 41.2 Å². The van der Waals surface area contributed by atoms with Crippen molar-refractivity contribution in [3.05, 3.63) is 77.6 Å². The summed E-state index contributed by atoms with van der Waals surface area (Å²) in [5.41, 5.74) is 2.03. The predicted octanol–water partition coefficient (Wildman–Crippen LogP) is 3.53. The molecular weight excluding hydrogens is 454 g/mol. The number of amides is 1. The van der Waals surface area contributed by atoms with Crippen LogP contribution < -0.4 is 14.8 Å². The Morgan fingerprint density at radius 1 is 1.06 bits per heavy atom. The fraction of sp³-hybridized carbons (Fsp3) is 0.320. The second-order valence-electron chi connectivity index (χ2n) is 7.93. The molecule has 0 aliphatic carbocycles. The SMILES string of the molecule is CCN(CC)S(=O)(=O)c1cc2c(c(C(=O)NC(Cc3ccccc3)c3ccc[nH]3)c1)OCCO2. The average Bonchev–Trinajstić information content (AvgIpc) is 3.39. The number of carbonyl (C=O) groups excluding carboxylic acids is 1. The van der Waals surface area contributed by atoms with Crippen LogP contribution in [0.5, 0.6) is 11.5 Å². The lowest BCUT2D eigenvalue weighted by Gasteiger charge is -2.25. The summed E-state index contributed by atoms with van der Waals surface area (Å²) in [7, 11) is -3.80. The zero-order valence-electron chi connectivity index (χ0n) is 19.3. The highest BCUT2D eigenvalue weighted by molar-refractivity contribution is 7.89. The number of hydrogen-bond acceptors (Lipinski definition) is 5. The number of fused-ring (bicyclic) bond motifs is 1. The molecule has 0 saturated carbocycles. The molecule has 0 fully saturated rings. The van der Waals surface area contributed by atoms with E-state index >= 15 is 0 Å². The topological polar surface area (TPSA) is 101 Å². The van der Waals surface area contributed by atoms with Gasteiger partial charge in [-0.1, -0.05) is 44.2 Å². The molecule has 9 heteroatoms. The van der Waals surface area contributed by atoms with Crippen LogP contribution in [-0.2, 0) is 16.4 Å². The molecular formula is C25H29N3O5S. The minimum atomic E-state index is -3.80. The van der Waals surface area contributed by atoms with E-state index in [0.29, 0.717) is 19.5 Å². The fourth-order valence-corrected chi connectivity index (χ4v) is 5.54. The molecule has 2 aromatic carbocycles. The van der Waals surface area contributed by atoms with Gasteiger partial charge in [0.2, 0.25) is 10.0 Å². The van der Waals surface area contributed by atoms with E-state index in [2.05, 4.69) is 10.3 Å². The van der Waals surface area contributed by atoms with Crippen molar-refractivity contribution in [3.8, 4) is 11.5 Å². The lowest BCUT2D eigenvalue weighted by atomic mass is 10.0. The van der Waals surface area contributed by atoms with Crippen LogP contribution in [0.2, 0.25) is 0 Å². The Balaban J connectivity index is 1.71. The summed E-state index contributed by atoms with van der Waals surface area (Å²) in [6.45, 7) is 4.75. The third kappa shape index (κ3) is 4.95. The van der Waals surface area contributed by atoms with Crippen LogP contribution in [0.1, 0.15) is 41.5 Å². The van der Waals surface area contributed by atoms with Crippen LogP contribution in [-0.4, -0.2) is 49.9 Å². The maximum absolute atomic E-state index is 13.5. The Kier molecular flexibility index (Phi) is 7.23. The maximum atomic E-state index is 13.5. The molecule has 4 rings (SSSR count). The molecule has 1 aliphatic heterocycles. The van der Waals surface area contributed by atoms with Crippen molar-refractivity contribution in [3.63, 3.8) is 0 Å². The van der Waals surface area contributed by atoms with Gasteiger partial charge in [-0.3, -0.25) is 4.79 Å². The third-order valence-corrected chi connectivity index (χ3v) is 7.82. The van der Waals surface area contributed by atoms with Crippen molar-refractivity contribution in [1.82, 2.24) is 14.6 Å². The molecule has 0 saturated heterocycles. The standard InChI is InChI=1S/C25H29N3O5S/c1-3-28(4-2)34(30,31)19-16-20(24-23(17-19)32-13-14-33-24)25(29)27-22(21-11-8-12-26-21)15-18-9-6-5-7-10-18/h5-12,16-17,22,26H,3-4,13-15H2,1-2H3,(H,27,29). The summed E-state index contributed by atoms with van der Waals surface area (Å²) in [4.78, 5) is 16.7. The van der Waals surface area contributed by atoms with Gasteiger partial charge >= 0.3 is 0 Å². The van der Waals surface area contributed by atoms with Gasteiger partial charge in [0.25, 0.3) is 5.91 Å². The van der Waals surface area contributed by atoms with Gasteiger partial charge in [0.15, 0.2) is 11.5 Å². The van der Waals surface area contributed by atoms with E-state index in [1.54, 1.807) is 20.0 Å². The molecule has 2 heterocycles. The summed E-state index contributed by atoms with van der Waals surface area (Å²) < 4.78 is 39.2. The normalized spacial score (nSPS) is 14.1. The second kappa shape index (κ2) is 10.3. The molecule has 1 atom stereocenters. The number of rotatable bonds is 9. The van der Waals surface area contributed by atoms with Crippen molar-refractivity contribution < 1.29 is 22.7 Å². The molecule has 0 radical (unpaired) electrons. The van der Waals surface area contributed by atoms with Crippen molar-refractivity contribution in [2.24, 2.45) is 0 Å². The van der Waals surface area contributed by atoms with Crippen molar-refractivity contribution in [2.45, 2.75) is 31.2 Å². The first-order valence-corrected chi connectivity index (χ1v) is 12.8. The number of benzene rings is 2. The zero-order chi connectivity index (χ0) is 24.1. The monoisotopic (exact) mass is 483 g/mol. The highest BCUT2D eigenvalue weighted by atomic mass is 32.2. The Hall–Kier alpha value is -3.30. The number of aromatic amines is 1. The molecule has 0 spiro atoms. The average molecular weight is 484 g/mol. The van der Waals surface area contributed by atoms with Crippen molar-refractivity contribution >= 4 is 15.9 Å². The van der Waals surface area contributed by atoms with E-state index in [9.17, 15) is 13.2 Å². The molecule has 1 aliphatic rings. The molecule has 1 amide bonds. The van der Waals surface area contributed by atoms with Gasteiger partial charge in [-0.15, -0.1) is 0 Å². The minimum absolute atomic E-state index is 0.00471. The van der Waals surface area contributed by atoms with Gasteiger partial charge in [0, 0.05) is 31.0 Å². The van der Waals surface area contributed by atoms with E-state index < -0.39 is 15.9 Å². The molecule has 1 unspecified atom stereocenters. The quantitative estimate of drug-likeness (QED) is 0.485. The highest BCUT2D eigenvalue weighted by Gasteiger charge is 2.30. The van der Waals surface area contributed by atoms with Crippen LogP contribution in [0.15, 0.2) is 65.7 Å². The molecule has 1 aromatic heterocycles. The van der Waals surface area contributed by atoms with Crippen molar-refractivity contribution in [1.29, 1.82) is 0 Å². The Morgan fingerprint density at radius 3 is 2.47 bits per heavy atom. The van der Waals surface area contributed by atoms with Crippen LogP contribution in [0.25, 0.3) is 0 Å². The number of nitrogens with one attached hydrogen (secondary N) is 2. The first-order chi connectivity index (χ1) is 16.4. The van der Waals surface area contributed by atoms with E-state index in [4.69, 9.17) is 9.47 Å². The van der Waals surface area contributed by atoms with E-state index in [1.165, 1.54) is 16.4 Å². The summed E-state index contributed by atoms with van der Waals surface area (Å²) >= 11 is 0. The van der Waals surface area contributed by atoms with Gasteiger partial charge in [-0.2, -0.15) is 4.31 Å². The maximum Gasteiger partial charge on any atom is 0.255 e. The molecule has 2 N–H and O–H groups in total. The first kappa shape index (κ1) is 23.8. The summed E-state index contributed by atoms with van der Waals surface area (Å²) in [6.07, 6.45) is 2.36. The highest BCUT2D eigenvalue weighted by Crippen LogP contribution is 2.37. The molecule has 34 heavy (non-hydrogen) atoms. The van der Waals surface area contributed by atoms with Gasteiger partial charge in [-0.05, 0) is 30.2 Å². The number of hydrogen-bond donors (Lipinski definition) is 2. The fourth-order valence-electron chi connectivity index (χ4n) is 4.04. The Morgan fingerprint density at radius 2 is 1.79 bits per heavy atom. The van der Waals surface area contributed by atoms with E-state index in [0.717, 1.165) is 11.3 Å². The number of carbonyl (C=O) groups is 1. The zero-order valence-corrected chi connectivity index (χ0v) is 20.1. The van der Waals surface area contributed by atoms with E-state index in [1.807, 2.05) is 42.5 Å². The predicted molar refractivity (Wildman–Crippen MR) is 129 cm³/mol. The lowest BCUT2D eigenvalue weighted by molar-refractivity contribution is 0.0924. The number of H-pyrrole nitrogens is 1. The third-order valence-electron chi connectivity index (χ3n) is 5.79. The number of ether oxygens (including phenoxy) is 2.